The molecule has 1 rings (SSSR count). The zero-order valence-corrected chi connectivity index (χ0v) is 13.9. The molecule has 0 heterocycles. The minimum Gasteiger partial charge on any atom is -0.328 e. The van der Waals surface area contributed by atoms with Crippen molar-refractivity contribution < 1.29 is 4.79 Å². The number of rotatable bonds is 4. The summed E-state index contributed by atoms with van der Waals surface area (Å²) < 4.78 is 2.10. The normalized spacial score (nSPS) is 11.5. The monoisotopic (exact) mass is 432 g/mol. The van der Waals surface area contributed by atoms with Gasteiger partial charge in [-0.25, -0.2) is 0 Å². The van der Waals surface area contributed by atoms with E-state index in [0.717, 1.165) is 13.7 Å². The summed E-state index contributed by atoms with van der Waals surface area (Å²) >= 11 is 5.62. The van der Waals surface area contributed by atoms with Crippen LogP contribution in [-0.4, -0.2) is 11.9 Å². The maximum atomic E-state index is 11.5. The van der Waals surface area contributed by atoms with Gasteiger partial charge < -0.3 is 11.1 Å². The van der Waals surface area contributed by atoms with Crippen LogP contribution in [0.25, 0.3) is 0 Å². The third kappa shape index (κ3) is 6.59. The molecule has 3 N–H and O–H groups in total. The third-order valence-corrected chi connectivity index (χ3v) is 4.36. The molecule has 6 heteroatoms. The largest absolute Gasteiger partial charge is 0.328 e. The van der Waals surface area contributed by atoms with Gasteiger partial charge in [0, 0.05) is 26.2 Å². The van der Waals surface area contributed by atoms with Gasteiger partial charge in [0.15, 0.2) is 0 Å². The number of hydrogen-bond donors (Lipinski definition) is 2. The summed E-state index contributed by atoms with van der Waals surface area (Å²) in [5.74, 6) is 0.00965. The summed E-state index contributed by atoms with van der Waals surface area (Å²) in [5, 5.41) is 2.85. The van der Waals surface area contributed by atoms with Gasteiger partial charge in [-0.05, 0) is 70.1 Å². The Morgan fingerprint density at radius 1 is 1.59 bits per heavy atom. The Morgan fingerprint density at radius 3 is 2.76 bits per heavy atom. The van der Waals surface area contributed by atoms with Crippen LogP contribution in [0.2, 0.25) is 0 Å². The van der Waals surface area contributed by atoms with Crippen LogP contribution in [-0.2, 0) is 4.79 Å². The first-order chi connectivity index (χ1) is 7.49. The van der Waals surface area contributed by atoms with Gasteiger partial charge in [-0.15, -0.1) is 12.4 Å². The van der Waals surface area contributed by atoms with Crippen molar-refractivity contribution in [1.29, 1.82) is 0 Å². The number of nitrogens with two attached hydrogens (primary N) is 1. The Labute approximate surface area is 130 Å². The first kappa shape index (κ1) is 17.2. The Hall–Kier alpha value is 0.150. The molecule has 0 saturated carbocycles. The molecular formula is C11H15BrClIN2O. The molecule has 0 radical (unpaired) electrons. The molecule has 0 bridgehead atoms. The van der Waals surface area contributed by atoms with E-state index in [2.05, 4.69) is 43.8 Å². The lowest BCUT2D eigenvalue weighted by atomic mass is 10.2. The second-order valence-electron chi connectivity index (χ2n) is 3.69. The molecule has 1 aromatic rings. The standard InChI is InChI=1S/C11H14BrIN2O.ClH/c1-7(14)2-5-11(16)15-8-3-4-9(12)10(13)6-8;/h3-4,6-7H,2,5,14H2,1H3,(H,15,16);1H. The maximum absolute atomic E-state index is 11.5. The molecule has 17 heavy (non-hydrogen) atoms. The number of anilines is 1. The number of nitrogens with one attached hydrogen (secondary N) is 1. The van der Waals surface area contributed by atoms with E-state index in [-0.39, 0.29) is 24.4 Å². The number of carbonyl (C=O) groups is 1. The highest BCUT2D eigenvalue weighted by atomic mass is 127. The fraction of sp³-hybridized carbons (Fsp3) is 0.364. The number of hydrogen-bond acceptors (Lipinski definition) is 2. The van der Waals surface area contributed by atoms with Crippen molar-refractivity contribution in [2.75, 3.05) is 5.32 Å². The average molecular weight is 434 g/mol. The summed E-state index contributed by atoms with van der Waals surface area (Å²) in [6.07, 6.45) is 1.17. The third-order valence-electron chi connectivity index (χ3n) is 2.03. The minimum atomic E-state index is 0. The predicted octanol–water partition coefficient (Wildman–Crippen LogP) is 3.54. The zero-order chi connectivity index (χ0) is 12.1. The lowest BCUT2D eigenvalue weighted by molar-refractivity contribution is -0.116. The zero-order valence-electron chi connectivity index (χ0n) is 9.37. The van der Waals surface area contributed by atoms with Crippen LogP contribution >= 0.6 is 50.9 Å². The van der Waals surface area contributed by atoms with Gasteiger partial charge in [-0.2, -0.15) is 0 Å². The Kier molecular flexibility index (Phi) is 8.36. The highest BCUT2D eigenvalue weighted by Crippen LogP contribution is 2.22. The second-order valence-corrected chi connectivity index (χ2v) is 5.71. The maximum Gasteiger partial charge on any atom is 0.224 e. The predicted molar refractivity (Wildman–Crippen MR) is 85.6 cm³/mol. The Bertz CT molecular complexity index is 388. The molecule has 1 unspecified atom stereocenters. The van der Waals surface area contributed by atoms with Crippen molar-refractivity contribution in [3.8, 4) is 0 Å². The summed E-state index contributed by atoms with van der Waals surface area (Å²) in [5.41, 5.74) is 6.41. The highest BCUT2D eigenvalue weighted by Gasteiger charge is 2.05. The summed E-state index contributed by atoms with van der Waals surface area (Å²) in [7, 11) is 0. The first-order valence-electron chi connectivity index (χ1n) is 4.99. The fourth-order valence-corrected chi connectivity index (χ4v) is 1.92. The smallest absolute Gasteiger partial charge is 0.224 e. The number of carbonyl (C=O) groups excluding carboxylic acids is 1. The second kappa shape index (κ2) is 8.29. The van der Waals surface area contributed by atoms with Gasteiger partial charge >= 0.3 is 0 Å². The molecule has 1 atom stereocenters. The molecular weight excluding hydrogens is 418 g/mol. The van der Waals surface area contributed by atoms with E-state index in [1.807, 2.05) is 25.1 Å². The van der Waals surface area contributed by atoms with Crippen LogP contribution < -0.4 is 11.1 Å². The van der Waals surface area contributed by atoms with Gasteiger partial charge in [0.25, 0.3) is 0 Å². The highest BCUT2D eigenvalue weighted by molar-refractivity contribution is 14.1. The molecule has 3 nitrogen and oxygen atoms in total. The van der Waals surface area contributed by atoms with E-state index in [0.29, 0.717) is 12.8 Å². The van der Waals surface area contributed by atoms with Crippen molar-refractivity contribution >= 4 is 62.5 Å². The van der Waals surface area contributed by atoms with Gasteiger partial charge in [-0.1, -0.05) is 0 Å². The van der Waals surface area contributed by atoms with Crippen LogP contribution in [0.15, 0.2) is 22.7 Å². The van der Waals surface area contributed by atoms with Crippen LogP contribution in [0.3, 0.4) is 0 Å². The van der Waals surface area contributed by atoms with Crippen molar-refractivity contribution in [2.24, 2.45) is 5.73 Å². The van der Waals surface area contributed by atoms with Gasteiger partial charge in [0.05, 0.1) is 0 Å². The van der Waals surface area contributed by atoms with Crippen molar-refractivity contribution in [3.05, 3.63) is 26.2 Å². The Morgan fingerprint density at radius 2 is 2.24 bits per heavy atom. The van der Waals surface area contributed by atoms with E-state index in [1.54, 1.807) is 0 Å². The van der Waals surface area contributed by atoms with Crippen molar-refractivity contribution in [1.82, 2.24) is 0 Å². The SMILES string of the molecule is CC(N)CCC(=O)Nc1ccc(Br)c(I)c1.Cl. The Balaban J connectivity index is 0.00000256. The van der Waals surface area contributed by atoms with E-state index < -0.39 is 0 Å². The lowest BCUT2D eigenvalue weighted by Crippen LogP contribution is -2.19. The number of halogens is 3. The van der Waals surface area contributed by atoms with Crippen LogP contribution in [0.1, 0.15) is 19.8 Å². The topological polar surface area (TPSA) is 55.1 Å². The first-order valence-corrected chi connectivity index (χ1v) is 6.86. The molecule has 96 valence electrons. The summed E-state index contributed by atoms with van der Waals surface area (Å²) in [6.45, 7) is 1.90. The molecule has 0 saturated heterocycles. The van der Waals surface area contributed by atoms with Gasteiger partial charge in [-0.3, -0.25) is 4.79 Å². The fourth-order valence-electron chi connectivity index (χ4n) is 1.16. The lowest BCUT2D eigenvalue weighted by Gasteiger charge is -2.07. The molecule has 1 aromatic carbocycles. The van der Waals surface area contributed by atoms with E-state index in [9.17, 15) is 4.79 Å². The van der Waals surface area contributed by atoms with E-state index in [1.165, 1.54) is 0 Å². The quantitative estimate of drug-likeness (QED) is 0.714. The molecule has 0 fully saturated rings. The molecule has 0 aliphatic carbocycles. The molecule has 0 aromatic heterocycles. The molecule has 0 aliphatic heterocycles. The molecule has 1 amide bonds. The van der Waals surface area contributed by atoms with Gasteiger partial charge in [0.2, 0.25) is 5.91 Å². The number of benzene rings is 1. The van der Waals surface area contributed by atoms with Crippen LogP contribution in [0.4, 0.5) is 5.69 Å². The summed E-state index contributed by atoms with van der Waals surface area (Å²) in [6, 6.07) is 5.78. The van der Waals surface area contributed by atoms with Crippen molar-refractivity contribution in [2.45, 2.75) is 25.8 Å². The summed E-state index contributed by atoms with van der Waals surface area (Å²) in [4.78, 5) is 11.5. The minimum absolute atomic E-state index is 0. The molecule has 0 aliphatic rings. The van der Waals surface area contributed by atoms with E-state index in [4.69, 9.17) is 5.73 Å². The van der Waals surface area contributed by atoms with Crippen LogP contribution in [0, 0.1) is 3.57 Å². The van der Waals surface area contributed by atoms with Gasteiger partial charge in [0.1, 0.15) is 0 Å². The van der Waals surface area contributed by atoms with Crippen molar-refractivity contribution in [3.63, 3.8) is 0 Å². The van der Waals surface area contributed by atoms with Crippen LogP contribution in [0.5, 0.6) is 0 Å². The number of amides is 1. The van der Waals surface area contributed by atoms with E-state index >= 15 is 0 Å². The molecule has 0 spiro atoms. The average Bonchev–Trinajstić information content (AvgIpc) is 2.21.